The standard InChI is InChI=1S/C17H32FN3O2/c1-16(2,3)23-15(22)21-8-4-14(5-9-21)12-20-10-6-17(18,13-19)7-11-20/h14H,4-13,19H2,1-3H3. The van der Waals surface area contributed by atoms with Crippen molar-refractivity contribution in [3.05, 3.63) is 0 Å². The van der Waals surface area contributed by atoms with Crippen LogP contribution in [0.2, 0.25) is 0 Å². The molecule has 0 aromatic heterocycles. The zero-order valence-electron chi connectivity index (χ0n) is 14.8. The minimum absolute atomic E-state index is 0.134. The summed E-state index contributed by atoms with van der Waals surface area (Å²) in [5, 5.41) is 0. The van der Waals surface area contributed by atoms with E-state index in [-0.39, 0.29) is 12.6 Å². The molecule has 2 heterocycles. The van der Waals surface area contributed by atoms with Crippen molar-refractivity contribution >= 4 is 6.09 Å². The van der Waals surface area contributed by atoms with E-state index in [9.17, 15) is 9.18 Å². The van der Waals surface area contributed by atoms with Crippen molar-refractivity contribution in [2.45, 2.75) is 57.7 Å². The Bertz CT molecular complexity index is 395. The van der Waals surface area contributed by atoms with Gasteiger partial charge in [0.05, 0.1) is 0 Å². The summed E-state index contributed by atoms with van der Waals surface area (Å²) in [6.45, 7) is 9.89. The molecule has 0 spiro atoms. The summed E-state index contributed by atoms with van der Waals surface area (Å²) in [5.74, 6) is 0.582. The van der Waals surface area contributed by atoms with Crippen molar-refractivity contribution in [3.63, 3.8) is 0 Å². The lowest BCUT2D eigenvalue weighted by Gasteiger charge is -2.39. The van der Waals surface area contributed by atoms with E-state index in [0.29, 0.717) is 18.8 Å². The van der Waals surface area contributed by atoms with Crippen molar-refractivity contribution in [2.75, 3.05) is 39.3 Å². The van der Waals surface area contributed by atoms with E-state index in [1.54, 1.807) is 4.90 Å². The number of likely N-dealkylation sites (tertiary alicyclic amines) is 2. The van der Waals surface area contributed by atoms with Gasteiger partial charge < -0.3 is 20.3 Å². The minimum Gasteiger partial charge on any atom is -0.444 e. The second kappa shape index (κ2) is 7.34. The Morgan fingerprint density at radius 3 is 2.26 bits per heavy atom. The highest BCUT2D eigenvalue weighted by Gasteiger charge is 2.34. The van der Waals surface area contributed by atoms with Crippen LogP contribution >= 0.6 is 0 Å². The van der Waals surface area contributed by atoms with E-state index in [4.69, 9.17) is 10.5 Å². The highest BCUT2D eigenvalue weighted by atomic mass is 19.1. The molecule has 0 radical (unpaired) electrons. The Kier molecular flexibility index (Phi) is 5.89. The topological polar surface area (TPSA) is 58.8 Å². The van der Waals surface area contributed by atoms with Crippen LogP contribution in [0, 0.1) is 5.92 Å². The molecule has 0 saturated carbocycles. The van der Waals surface area contributed by atoms with Gasteiger partial charge in [0, 0.05) is 39.3 Å². The number of carbonyl (C=O) groups is 1. The van der Waals surface area contributed by atoms with Gasteiger partial charge in [-0.2, -0.15) is 0 Å². The third-order valence-electron chi connectivity index (χ3n) is 4.90. The predicted octanol–water partition coefficient (Wildman–Crippen LogP) is 2.40. The number of piperidine rings is 2. The van der Waals surface area contributed by atoms with E-state index < -0.39 is 11.3 Å². The zero-order valence-corrected chi connectivity index (χ0v) is 14.8. The first-order valence-electron chi connectivity index (χ1n) is 8.80. The van der Waals surface area contributed by atoms with Crippen LogP contribution in [-0.2, 0) is 4.74 Å². The van der Waals surface area contributed by atoms with E-state index >= 15 is 0 Å². The van der Waals surface area contributed by atoms with Crippen LogP contribution in [0.3, 0.4) is 0 Å². The highest BCUT2D eigenvalue weighted by molar-refractivity contribution is 5.68. The van der Waals surface area contributed by atoms with Crippen LogP contribution in [0.15, 0.2) is 0 Å². The maximum absolute atomic E-state index is 14.1. The van der Waals surface area contributed by atoms with E-state index in [2.05, 4.69) is 4.90 Å². The largest absolute Gasteiger partial charge is 0.444 e. The lowest BCUT2D eigenvalue weighted by atomic mass is 9.91. The fourth-order valence-electron chi connectivity index (χ4n) is 3.33. The normalized spacial score (nSPS) is 23.8. The van der Waals surface area contributed by atoms with Gasteiger partial charge >= 0.3 is 6.09 Å². The summed E-state index contributed by atoms with van der Waals surface area (Å²) in [6.07, 6.45) is 2.86. The quantitative estimate of drug-likeness (QED) is 0.864. The molecule has 6 heteroatoms. The highest BCUT2D eigenvalue weighted by Crippen LogP contribution is 2.27. The molecule has 2 N–H and O–H groups in total. The number of nitrogens with two attached hydrogens (primary N) is 1. The molecule has 2 aliphatic heterocycles. The van der Waals surface area contributed by atoms with Gasteiger partial charge in [0.15, 0.2) is 0 Å². The fourth-order valence-corrected chi connectivity index (χ4v) is 3.33. The Morgan fingerprint density at radius 2 is 1.78 bits per heavy atom. The lowest BCUT2D eigenvalue weighted by molar-refractivity contribution is 0.0140. The third-order valence-corrected chi connectivity index (χ3v) is 4.90. The minimum atomic E-state index is -1.16. The SMILES string of the molecule is CC(C)(C)OC(=O)N1CCC(CN2CCC(F)(CN)CC2)CC1. The molecule has 0 bridgehead atoms. The third kappa shape index (κ3) is 5.60. The molecule has 5 nitrogen and oxygen atoms in total. The van der Waals surface area contributed by atoms with Crippen molar-refractivity contribution < 1.29 is 13.9 Å². The van der Waals surface area contributed by atoms with Crippen molar-refractivity contribution in [3.8, 4) is 0 Å². The summed E-state index contributed by atoms with van der Waals surface area (Å²) in [6, 6.07) is 0. The smallest absolute Gasteiger partial charge is 0.410 e. The summed E-state index contributed by atoms with van der Waals surface area (Å²) in [7, 11) is 0. The van der Waals surface area contributed by atoms with Crippen LogP contribution < -0.4 is 5.73 Å². The van der Waals surface area contributed by atoms with E-state index in [1.807, 2.05) is 20.8 Å². The molecule has 0 aromatic rings. The van der Waals surface area contributed by atoms with Crippen LogP contribution in [-0.4, -0.2) is 66.4 Å². The number of carbonyl (C=O) groups excluding carboxylic acids is 1. The number of nitrogens with zero attached hydrogens (tertiary/aromatic N) is 2. The van der Waals surface area contributed by atoms with Crippen LogP contribution in [0.25, 0.3) is 0 Å². The second-order valence-corrected chi connectivity index (χ2v) is 8.07. The van der Waals surface area contributed by atoms with E-state index in [0.717, 1.165) is 45.6 Å². The Hall–Kier alpha value is -0.880. The molecule has 2 fully saturated rings. The summed E-state index contributed by atoms with van der Waals surface area (Å²) in [4.78, 5) is 16.2. The molecule has 0 aromatic carbocycles. The first-order chi connectivity index (χ1) is 10.7. The molecule has 23 heavy (non-hydrogen) atoms. The van der Waals surface area contributed by atoms with Crippen molar-refractivity contribution in [1.29, 1.82) is 0 Å². The maximum Gasteiger partial charge on any atom is 0.410 e. The van der Waals surface area contributed by atoms with Gasteiger partial charge in [0.1, 0.15) is 11.3 Å². The average molecular weight is 329 g/mol. The van der Waals surface area contributed by atoms with Crippen LogP contribution in [0.1, 0.15) is 46.5 Å². The van der Waals surface area contributed by atoms with Gasteiger partial charge in [0.25, 0.3) is 0 Å². The van der Waals surface area contributed by atoms with Crippen LogP contribution in [0.5, 0.6) is 0 Å². The summed E-state index contributed by atoms with van der Waals surface area (Å²) in [5.41, 5.74) is 3.91. The Labute approximate surface area is 139 Å². The molecular formula is C17H32FN3O2. The number of rotatable bonds is 3. The Morgan fingerprint density at radius 1 is 1.22 bits per heavy atom. The lowest BCUT2D eigenvalue weighted by Crippen LogP contribution is -2.48. The van der Waals surface area contributed by atoms with Crippen LogP contribution in [0.4, 0.5) is 9.18 Å². The number of alkyl halides is 1. The Balaban J connectivity index is 1.70. The van der Waals surface area contributed by atoms with Gasteiger partial charge in [-0.1, -0.05) is 0 Å². The average Bonchev–Trinajstić information content (AvgIpc) is 2.49. The first kappa shape index (κ1) is 18.5. The van der Waals surface area contributed by atoms with Crippen molar-refractivity contribution in [1.82, 2.24) is 9.80 Å². The molecular weight excluding hydrogens is 297 g/mol. The molecule has 2 aliphatic rings. The number of amides is 1. The van der Waals surface area contributed by atoms with Gasteiger partial charge in [-0.25, -0.2) is 9.18 Å². The molecule has 1 amide bonds. The first-order valence-corrected chi connectivity index (χ1v) is 8.80. The number of ether oxygens (including phenoxy) is 1. The number of hydrogen-bond acceptors (Lipinski definition) is 4. The molecule has 0 unspecified atom stereocenters. The van der Waals surface area contributed by atoms with Gasteiger partial charge in [-0.3, -0.25) is 0 Å². The maximum atomic E-state index is 14.1. The predicted molar refractivity (Wildman–Crippen MR) is 89.1 cm³/mol. The summed E-state index contributed by atoms with van der Waals surface area (Å²) < 4.78 is 19.5. The fraction of sp³-hybridized carbons (Fsp3) is 0.941. The number of hydrogen-bond donors (Lipinski definition) is 1. The van der Waals surface area contributed by atoms with Gasteiger partial charge in [-0.05, 0) is 52.4 Å². The molecule has 0 aliphatic carbocycles. The molecule has 2 saturated heterocycles. The van der Waals surface area contributed by atoms with E-state index in [1.165, 1.54) is 0 Å². The second-order valence-electron chi connectivity index (χ2n) is 8.07. The van der Waals surface area contributed by atoms with Gasteiger partial charge in [-0.15, -0.1) is 0 Å². The molecule has 2 rings (SSSR count). The molecule has 134 valence electrons. The summed E-state index contributed by atoms with van der Waals surface area (Å²) >= 11 is 0. The zero-order chi connectivity index (χ0) is 17.1. The monoisotopic (exact) mass is 329 g/mol. The van der Waals surface area contributed by atoms with Crippen molar-refractivity contribution in [2.24, 2.45) is 11.7 Å². The van der Waals surface area contributed by atoms with Gasteiger partial charge in [0.2, 0.25) is 0 Å². The molecule has 0 atom stereocenters. The number of halogens is 1.